The zero-order valence-electron chi connectivity index (χ0n) is 16.7. The van der Waals surface area contributed by atoms with Gasteiger partial charge in [-0.25, -0.2) is 0 Å². The van der Waals surface area contributed by atoms with Crippen LogP contribution in [0, 0.1) is 30.3 Å². The van der Waals surface area contributed by atoms with Gasteiger partial charge in [0.25, 0.3) is 11.4 Å². The van der Waals surface area contributed by atoms with Crippen molar-refractivity contribution in [2.45, 2.75) is 0 Å². The molecule has 0 bridgehead atoms. The first-order valence-electron chi connectivity index (χ1n) is 8.40. The van der Waals surface area contributed by atoms with Gasteiger partial charge in [-0.15, -0.1) is 0 Å². The Morgan fingerprint density at radius 3 is 1.84 bits per heavy atom. The lowest BCUT2D eigenvalue weighted by Crippen LogP contribution is -2.09. The Labute approximate surface area is 177 Å². The van der Waals surface area contributed by atoms with Gasteiger partial charge in [0.2, 0.25) is 5.43 Å². The smallest absolute Gasteiger partial charge is 0.324 e. The fourth-order valence-corrected chi connectivity index (χ4v) is 2.58. The van der Waals surface area contributed by atoms with E-state index in [-0.39, 0.29) is 5.43 Å². The summed E-state index contributed by atoms with van der Waals surface area (Å²) in [5.74, 6) is -0.0862. The molecule has 15 nitrogen and oxygen atoms in total. The van der Waals surface area contributed by atoms with Crippen LogP contribution in [0.15, 0.2) is 35.3 Å². The average Bonchev–Trinajstić information content (AvgIpc) is 2.75. The summed E-state index contributed by atoms with van der Waals surface area (Å²) in [6.45, 7) is 0. The van der Waals surface area contributed by atoms with Gasteiger partial charge in [-0.3, -0.25) is 39.8 Å². The van der Waals surface area contributed by atoms with Crippen LogP contribution >= 0.6 is 0 Å². The van der Waals surface area contributed by atoms with E-state index in [9.17, 15) is 35.1 Å². The van der Waals surface area contributed by atoms with E-state index in [4.69, 9.17) is 14.6 Å². The molecule has 0 unspecified atom stereocenters. The number of methoxy groups -OCH3 is 2. The fraction of sp³-hybridized carbons (Fsp3) is 0.176. The molecule has 0 atom stereocenters. The van der Waals surface area contributed by atoms with Gasteiger partial charge in [-0.1, -0.05) is 0 Å². The third kappa shape index (κ3) is 4.66. The quantitative estimate of drug-likeness (QED) is 0.441. The van der Waals surface area contributed by atoms with Gasteiger partial charge >= 0.3 is 11.4 Å². The van der Waals surface area contributed by atoms with Crippen LogP contribution in [-0.2, 0) is 7.05 Å². The van der Waals surface area contributed by atoms with Crippen LogP contribution in [0.4, 0.5) is 17.1 Å². The van der Waals surface area contributed by atoms with Crippen molar-refractivity contribution in [1.29, 1.82) is 0 Å². The highest BCUT2D eigenvalue weighted by molar-refractivity contribution is 5.82. The summed E-state index contributed by atoms with van der Waals surface area (Å²) in [6.07, 6.45) is 1.29. The van der Waals surface area contributed by atoms with E-state index >= 15 is 0 Å². The zero-order valence-corrected chi connectivity index (χ0v) is 16.7. The predicted octanol–water partition coefficient (Wildman–Crippen LogP) is 2.07. The van der Waals surface area contributed by atoms with Gasteiger partial charge in [0.1, 0.15) is 0 Å². The van der Waals surface area contributed by atoms with Gasteiger partial charge in [0, 0.05) is 13.1 Å². The van der Waals surface area contributed by atoms with Crippen molar-refractivity contribution in [3.63, 3.8) is 0 Å². The minimum Gasteiger partial charge on any atom is -0.497 e. The zero-order chi connectivity index (χ0) is 24.2. The molecule has 0 saturated heterocycles. The molecule has 3 aromatic rings. The molecule has 168 valence electrons. The van der Waals surface area contributed by atoms with Crippen LogP contribution in [0.5, 0.6) is 17.2 Å². The number of benzene rings is 2. The highest BCUT2D eigenvalue weighted by atomic mass is 16.6. The van der Waals surface area contributed by atoms with Crippen molar-refractivity contribution in [1.82, 2.24) is 9.78 Å². The average molecular weight is 449 g/mol. The number of phenols is 1. The maximum Gasteiger partial charge on any atom is 0.324 e. The molecule has 0 radical (unpaired) electrons. The number of non-ortho nitro benzene ring substituents is 1. The lowest BCUT2D eigenvalue weighted by atomic mass is 10.2. The summed E-state index contributed by atoms with van der Waals surface area (Å²) in [4.78, 5) is 39.4. The second-order valence-electron chi connectivity index (χ2n) is 5.96. The molecule has 0 saturated carbocycles. The molecular formula is C17H15N5O10. The van der Waals surface area contributed by atoms with E-state index in [2.05, 4.69) is 5.10 Å². The van der Waals surface area contributed by atoms with E-state index in [1.165, 1.54) is 13.3 Å². The number of hydrogen-bond donors (Lipinski definition) is 1. The number of phenolic OH excluding ortho intramolecular Hbond substituents is 1. The predicted molar refractivity (Wildman–Crippen MR) is 108 cm³/mol. The Bertz CT molecular complexity index is 1250. The molecule has 0 aliphatic heterocycles. The van der Waals surface area contributed by atoms with Crippen LogP contribution in [0.25, 0.3) is 10.9 Å². The molecule has 2 aromatic carbocycles. The van der Waals surface area contributed by atoms with E-state index in [1.54, 1.807) is 31.0 Å². The van der Waals surface area contributed by atoms with Crippen LogP contribution in [0.1, 0.15) is 0 Å². The van der Waals surface area contributed by atoms with E-state index < -0.39 is 37.6 Å². The second-order valence-corrected chi connectivity index (χ2v) is 5.96. The van der Waals surface area contributed by atoms with Crippen molar-refractivity contribution < 1.29 is 29.4 Å². The molecule has 1 N–H and O–H groups in total. The van der Waals surface area contributed by atoms with Gasteiger partial charge in [0.15, 0.2) is 11.5 Å². The Kier molecular flexibility index (Phi) is 6.84. The first-order chi connectivity index (χ1) is 15.0. The first-order valence-corrected chi connectivity index (χ1v) is 8.40. The molecular weight excluding hydrogens is 434 g/mol. The number of nitro groups is 3. The van der Waals surface area contributed by atoms with Gasteiger partial charge in [-0.05, 0) is 6.07 Å². The topological polar surface area (TPSA) is 203 Å². The van der Waals surface area contributed by atoms with Gasteiger partial charge in [-0.2, -0.15) is 5.10 Å². The standard InChI is InChI=1S/C11H12N2O3.C6H3N3O7/c1-13-8-5-11(16-3)10(15-2)4-7(8)9(14)6-12-13;10-6-4(8(13)14)1-3(7(11)12)2-5(6)9(15)16/h4-6H,1-3H3;1-2,10H. The molecule has 1 heterocycles. The van der Waals surface area contributed by atoms with Crippen LogP contribution < -0.4 is 14.9 Å². The largest absolute Gasteiger partial charge is 0.497 e. The minimum atomic E-state index is -1.21. The van der Waals surface area contributed by atoms with E-state index in [0.29, 0.717) is 34.5 Å². The van der Waals surface area contributed by atoms with Crippen molar-refractivity contribution in [3.05, 3.63) is 71.0 Å². The molecule has 3 rings (SSSR count). The van der Waals surface area contributed by atoms with E-state index in [1.807, 2.05) is 0 Å². The molecule has 0 spiro atoms. The number of fused-ring (bicyclic) bond motifs is 1. The molecule has 0 aliphatic rings. The number of hydrogen-bond acceptors (Lipinski definition) is 11. The number of nitro benzene ring substituents is 3. The summed E-state index contributed by atoms with van der Waals surface area (Å²) < 4.78 is 11.9. The highest BCUT2D eigenvalue weighted by Crippen LogP contribution is 2.39. The lowest BCUT2D eigenvalue weighted by Gasteiger charge is -2.10. The summed E-state index contributed by atoms with van der Waals surface area (Å²) in [5.41, 5.74) is -2.42. The number of ether oxygens (including phenoxy) is 2. The number of rotatable bonds is 5. The second kappa shape index (κ2) is 9.33. The van der Waals surface area contributed by atoms with Crippen LogP contribution in [0.2, 0.25) is 0 Å². The summed E-state index contributed by atoms with van der Waals surface area (Å²) in [7, 11) is 4.86. The Morgan fingerprint density at radius 1 is 0.906 bits per heavy atom. The first kappa shape index (κ1) is 23.5. The maximum atomic E-state index is 11.6. The van der Waals surface area contributed by atoms with Crippen molar-refractivity contribution in [2.24, 2.45) is 7.05 Å². The fourth-order valence-electron chi connectivity index (χ4n) is 2.58. The Morgan fingerprint density at radius 2 is 1.41 bits per heavy atom. The molecule has 32 heavy (non-hydrogen) atoms. The van der Waals surface area contributed by atoms with Gasteiger partial charge < -0.3 is 14.6 Å². The van der Waals surface area contributed by atoms with Crippen LogP contribution in [-0.4, -0.2) is 43.9 Å². The van der Waals surface area contributed by atoms with Crippen LogP contribution in [0.3, 0.4) is 0 Å². The van der Waals surface area contributed by atoms with Gasteiger partial charge in [0.05, 0.1) is 58.2 Å². The number of aryl methyl sites for hydroxylation is 1. The Balaban J connectivity index is 0.000000227. The molecule has 0 amide bonds. The lowest BCUT2D eigenvalue weighted by molar-refractivity contribution is -0.404. The monoisotopic (exact) mass is 449 g/mol. The molecule has 0 aliphatic carbocycles. The molecule has 1 aromatic heterocycles. The van der Waals surface area contributed by atoms with Crippen molar-refractivity contribution >= 4 is 28.0 Å². The normalized spacial score (nSPS) is 10.1. The SMILES string of the molecule is COc1cc2c(=O)cnn(C)c2cc1OC.O=[N+]([O-])c1cc([N+](=O)[O-])c(O)c([N+](=O)[O-])c1. The molecule has 0 fully saturated rings. The summed E-state index contributed by atoms with van der Waals surface area (Å²) >= 11 is 0. The number of nitrogens with zero attached hydrogens (tertiary/aromatic N) is 5. The minimum absolute atomic E-state index is 0.131. The summed E-state index contributed by atoms with van der Waals surface area (Å²) in [6, 6.07) is 4.30. The Hall–Kier alpha value is -4.82. The number of aromatic hydroxyl groups is 1. The molecule has 15 heteroatoms. The highest BCUT2D eigenvalue weighted by Gasteiger charge is 2.30. The van der Waals surface area contributed by atoms with E-state index in [0.717, 1.165) is 0 Å². The maximum absolute atomic E-state index is 11.6. The third-order valence-electron chi connectivity index (χ3n) is 4.12. The van der Waals surface area contributed by atoms with Crippen molar-refractivity contribution in [3.8, 4) is 17.2 Å². The van der Waals surface area contributed by atoms with Crippen molar-refractivity contribution in [2.75, 3.05) is 14.2 Å². The number of aromatic nitrogens is 2. The summed E-state index contributed by atoms with van der Waals surface area (Å²) in [5, 5.41) is 44.7. The third-order valence-corrected chi connectivity index (χ3v) is 4.12.